The van der Waals surface area contributed by atoms with E-state index in [4.69, 9.17) is 16.3 Å². The van der Waals surface area contributed by atoms with Crippen molar-refractivity contribution in [3.8, 4) is 5.75 Å². The van der Waals surface area contributed by atoms with Crippen molar-refractivity contribution in [3.63, 3.8) is 0 Å². The van der Waals surface area contributed by atoms with E-state index in [-0.39, 0.29) is 11.8 Å². The van der Waals surface area contributed by atoms with Crippen molar-refractivity contribution >= 4 is 29.1 Å². The molecule has 0 saturated heterocycles. The van der Waals surface area contributed by atoms with E-state index in [1.165, 1.54) is 7.11 Å². The summed E-state index contributed by atoms with van der Waals surface area (Å²) in [7, 11) is 1.49. The molecule has 1 rings (SSSR count). The third kappa shape index (κ3) is 16.7. The number of nitrogens with zero attached hydrogens (tertiary/aromatic N) is 1. The molecule has 0 spiro atoms. The van der Waals surface area contributed by atoms with Gasteiger partial charge in [0, 0.05) is 25.6 Å². The van der Waals surface area contributed by atoms with E-state index in [9.17, 15) is 9.59 Å². The molecule has 0 bridgehead atoms. The van der Waals surface area contributed by atoms with Gasteiger partial charge in [0.25, 0.3) is 5.91 Å². The van der Waals surface area contributed by atoms with Crippen LogP contribution in [0.1, 0.15) is 82.5 Å². The van der Waals surface area contributed by atoms with Crippen molar-refractivity contribution in [3.05, 3.63) is 83.5 Å². The number of amides is 2. The van der Waals surface area contributed by atoms with Gasteiger partial charge in [-0.1, -0.05) is 93.1 Å². The highest BCUT2D eigenvalue weighted by Gasteiger charge is 2.17. The molecule has 0 atom stereocenters. The predicted molar refractivity (Wildman–Crippen MR) is 175 cm³/mol. The fourth-order valence-electron chi connectivity index (χ4n) is 3.92. The molecule has 6 nitrogen and oxygen atoms in total. The summed E-state index contributed by atoms with van der Waals surface area (Å²) in [5.74, 6) is -0.0209. The van der Waals surface area contributed by atoms with Crippen LogP contribution in [-0.4, -0.2) is 50.0 Å². The molecule has 0 aliphatic carbocycles. The lowest BCUT2D eigenvalue weighted by Gasteiger charge is -2.18. The number of hydrogen-bond acceptors (Lipinski definition) is 4. The van der Waals surface area contributed by atoms with Crippen LogP contribution in [0, 0.1) is 0 Å². The van der Waals surface area contributed by atoms with Crippen molar-refractivity contribution < 1.29 is 14.3 Å². The van der Waals surface area contributed by atoms with Gasteiger partial charge in [-0.2, -0.15) is 0 Å². The first-order chi connectivity index (χ1) is 20.0. The summed E-state index contributed by atoms with van der Waals surface area (Å²) in [6, 6.07) is 3.14. The van der Waals surface area contributed by atoms with Crippen LogP contribution in [0.3, 0.4) is 0 Å². The Hall–Kier alpha value is -3.09. The Labute approximate surface area is 253 Å². The zero-order chi connectivity index (χ0) is 30.1. The normalized spacial score (nSPS) is 12.1. The summed E-state index contributed by atoms with van der Waals surface area (Å²) in [5.41, 5.74) is 0.775. The monoisotopic (exact) mass is 583 g/mol. The Kier molecular flexibility index (Phi) is 20.7. The number of carbonyl (C=O) groups excluding carboxylic acids is 2. The zero-order valence-electron chi connectivity index (χ0n) is 25.5. The fraction of sp³-hybridized carbons (Fsp3) is 0.471. The van der Waals surface area contributed by atoms with E-state index >= 15 is 0 Å². The summed E-state index contributed by atoms with van der Waals surface area (Å²) in [6.45, 7) is 9.47. The zero-order valence-corrected chi connectivity index (χ0v) is 26.2. The predicted octanol–water partition coefficient (Wildman–Crippen LogP) is 8.28. The number of ether oxygens (including phenoxy) is 1. The van der Waals surface area contributed by atoms with Gasteiger partial charge in [-0.05, 0) is 64.1 Å². The van der Waals surface area contributed by atoms with Crippen molar-refractivity contribution in [2.45, 2.75) is 72.1 Å². The number of methoxy groups -OCH3 is 1. The van der Waals surface area contributed by atoms with Crippen LogP contribution in [0.2, 0.25) is 5.02 Å². The lowest BCUT2D eigenvalue weighted by atomic mass is 10.1. The SMILES string of the molecule is CC/C=C\C/C=C\C/C=C\C/C=C\C/C=C\CCCC(=O)Nc1cc(OC)c(C(=O)NCCN(CC)CC)cc1Cl. The number of anilines is 1. The third-order valence-electron chi connectivity index (χ3n) is 6.35. The number of hydrogen-bond donors (Lipinski definition) is 2. The average molecular weight is 584 g/mol. The Morgan fingerprint density at radius 2 is 1.41 bits per heavy atom. The van der Waals surface area contributed by atoms with Crippen molar-refractivity contribution in [1.29, 1.82) is 0 Å². The lowest BCUT2D eigenvalue weighted by Crippen LogP contribution is -2.34. The summed E-state index contributed by atoms with van der Waals surface area (Å²) in [6.07, 6.45) is 28.5. The molecule has 0 aliphatic heterocycles. The van der Waals surface area contributed by atoms with Gasteiger partial charge < -0.3 is 20.3 Å². The largest absolute Gasteiger partial charge is 0.496 e. The number of benzene rings is 1. The topological polar surface area (TPSA) is 70.7 Å². The number of allylic oxidation sites excluding steroid dienone is 10. The minimum atomic E-state index is -0.258. The molecule has 226 valence electrons. The van der Waals surface area contributed by atoms with E-state index in [1.54, 1.807) is 12.1 Å². The number of rotatable bonds is 21. The number of halogens is 1. The fourth-order valence-corrected chi connectivity index (χ4v) is 4.13. The molecule has 2 N–H and O–H groups in total. The first-order valence-corrected chi connectivity index (χ1v) is 15.3. The first kappa shape index (κ1) is 35.9. The van der Waals surface area contributed by atoms with Gasteiger partial charge in [-0.25, -0.2) is 0 Å². The highest BCUT2D eigenvalue weighted by Crippen LogP contribution is 2.31. The number of likely N-dealkylation sites (N-methyl/N-ethyl adjacent to an activating group) is 1. The number of unbranched alkanes of at least 4 members (excludes halogenated alkanes) is 1. The van der Waals surface area contributed by atoms with Crippen molar-refractivity contribution in [2.75, 3.05) is 38.6 Å². The molecule has 1 aromatic rings. The molecule has 2 amide bonds. The van der Waals surface area contributed by atoms with Crippen molar-refractivity contribution in [1.82, 2.24) is 10.2 Å². The highest BCUT2D eigenvalue weighted by molar-refractivity contribution is 6.34. The molecule has 0 radical (unpaired) electrons. The Bertz CT molecular complexity index is 1040. The van der Waals surface area contributed by atoms with Gasteiger partial charge in [0.05, 0.1) is 23.4 Å². The van der Waals surface area contributed by atoms with Crippen LogP contribution < -0.4 is 15.4 Å². The van der Waals surface area contributed by atoms with Crippen LogP contribution in [0.25, 0.3) is 0 Å². The minimum Gasteiger partial charge on any atom is -0.496 e. The molecule has 0 fully saturated rings. The second-order valence-electron chi connectivity index (χ2n) is 9.46. The Balaban J connectivity index is 2.35. The van der Waals surface area contributed by atoms with Gasteiger partial charge in [0.2, 0.25) is 5.91 Å². The van der Waals surface area contributed by atoms with Crippen molar-refractivity contribution in [2.24, 2.45) is 0 Å². The Morgan fingerprint density at radius 1 is 0.854 bits per heavy atom. The van der Waals surface area contributed by atoms with Gasteiger partial charge in [0.1, 0.15) is 5.75 Å². The molecular weight excluding hydrogens is 534 g/mol. The lowest BCUT2D eigenvalue weighted by molar-refractivity contribution is -0.116. The van der Waals surface area contributed by atoms with Gasteiger partial charge >= 0.3 is 0 Å². The molecule has 0 aromatic heterocycles. The van der Waals surface area contributed by atoms with Crippen LogP contribution >= 0.6 is 11.6 Å². The maximum Gasteiger partial charge on any atom is 0.255 e. The van der Waals surface area contributed by atoms with Crippen LogP contribution in [0.4, 0.5) is 5.69 Å². The molecule has 0 heterocycles. The maximum absolute atomic E-state index is 12.7. The third-order valence-corrected chi connectivity index (χ3v) is 6.66. The minimum absolute atomic E-state index is 0.127. The van der Waals surface area contributed by atoms with Gasteiger partial charge in [-0.15, -0.1) is 0 Å². The summed E-state index contributed by atoms with van der Waals surface area (Å²) < 4.78 is 5.41. The molecule has 7 heteroatoms. The van der Waals surface area contributed by atoms with Gasteiger partial charge in [0.15, 0.2) is 0 Å². The van der Waals surface area contributed by atoms with Crippen LogP contribution in [-0.2, 0) is 4.79 Å². The highest BCUT2D eigenvalue weighted by atomic mass is 35.5. The van der Waals surface area contributed by atoms with E-state index in [0.29, 0.717) is 35.0 Å². The molecule has 41 heavy (non-hydrogen) atoms. The average Bonchev–Trinajstić information content (AvgIpc) is 2.97. The second-order valence-corrected chi connectivity index (χ2v) is 9.87. The van der Waals surface area contributed by atoms with E-state index in [1.807, 2.05) is 0 Å². The number of nitrogens with one attached hydrogen (secondary N) is 2. The smallest absolute Gasteiger partial charge is 0.255 e. The quantitative estimate of drug-likeness (QED) is 0.113. The van der Waals surface area contributed by atoms with Crippen LogP contribution in [0.5, 0.6) is 5.75 Å². The van der Waals surface area contributed by atoms with Gasteiger partial charge in [-0.3, -0.25) is 9.59 Å². The maximum atomic E-state index is 12.7. The van der Waals surface area contributed by atoms with Crippen LogP contribution in [0.15, 0.2) is 72.9 Å². The van der Waals surface area contributed by atoms with E-state index < -0.39 is 0 Å². The first-order valence-electron chi connectivity index (χ1n) is 14.9. The molecule has 0 aliphatic rings. The standard InChI is InChI=1S/C34H50ClN3O3/c1-5-8-9-10-11-12-13-14-15-16-17-18-19-20-21-22-23-24-33(39)37-31-28-32(41-4)29(27-30(31)35)34(40)36-25-26-38(6-2)7-3/h8-9,11-12,14-15,17-18,20-21,27-28H,5-7,10,13,16,19,22-26H2,1-4H3,(H,36,40)(H,37,39)/b9-8-,12-11-,15-14-,18-17-,21-20-. The Morgan fingerprint density at radius 3 is 1.95 bits per heavy atom. The molecule has 1 aromatic carbocycles. The van der Waals surface area contributed by atoms with E-state index in [2.05, 4.69) is 97.1 Å². The molecule has 0 unspecified atom stereocenters. The summed E-state index contributed by atoms with van der Waals surface area (Å²) in [4.78, 5) is 27.4. The second kappa shape index (κ2) is 23.6. The van der Waals surface area contributed by atoms with E-state index in [0.717, 1.165) is 64.6 Å². The molecular formula is C34H50ClN3O3. The summed E-state index contributed by atoms with van der Waals surface area (Å²) in [5, 5.41) is 6.05. The molecule has 0 saturated carbocycles. The summed E-state index contributed by atoms with van der Waals surface area (Å²) >= 11 is 6.40. The number of carbonyl (C=O) groups is 2.